The van der Waals surface area contributed by atoms with Crippen molar-refractivity contribution in [2.45, 2.75) is 40.7 Å². The van der Waals surface area contributed by atoms with Gasteiger partial charge < -0.3 is 4.74 Å². The molecule has 3 aromatic heterocycles. The number of rotatable bonds is 4. The van der Waals surface area contributed by atoms with Crippen LogP contribution in [0.4, 0.5) is 5.95 Å². The average Bonchev–Trinajstić information content (AvgIpc) is 3.07. The summed E-state index contributed by atoms with van der Waals surface area (Å²) >= 11 is 1.64. The van der Waals surface area contributed by atoms with Gasteiger partial charge in [-0.15, -0.1) is 11.3 Å². The van der Waals surface area contributed by atoms with Crippen LogP contribution in [0.3, 0.4) is 0 Å². The molecule has 136 valence electrons. The van der Waals surface area contributed by atoms with Crippen molar-refractivity contribution >= 4 is 34.2 Å². The molecular formula is C19H22N4O2S. The fourth-order valence-electron chi connectivity index (χ4n) is 2.22. The Morgan fingerprint density at radius 2 is 2.04 bits per heavy atom. The molecule has 26 heavy (non-hydrogen) atoms. The SMILES string of the molecule is CC(C)Oc1nc(NC(=O)C(C)(C)C)nc2ncc(-c3cccs3)cc12. The second-order valence-corrected chi connectivity index (χ2v) is 8.24. The minimum Gasteiger partial charge on any atom is -0.474 e. The lowest BCUT2D eigenvalue weighted by Gasteiger charge is -2.18. The maximum atomic E-state index is 12.3. The molecule has 3 heterocycles. The van der Waals surface area contributed by atoms with Crippen molar-refractivity contribution in [1.29, 1.82) is 0 Å². The standard InChI is InChI=1S/C19H22N4O2S/c1-11(2)25-16-13-9-12(14-7-6-8-26-14)10-20-15(13)21-18(22-16)23-17(24)19(3,4)5/h6-11H,1-5H3,(H,20,21,22,23,24). The Balaban J connectivity index is 2.07. The van der Waals surface area contributed by atoms with Gasteiger partial charge in [0.05, 0.1) is 11.5 Å². The Labute approximate surface area is 156 Å². The van der Waals surface area contributed by atoms with E-state index in [9.17, 15) is 4.79 Å². The Kier molecular flexibility index (Phi) is 4.91. The average molecular weight is 370 g/mol. The third kappa shape index (κ3) is 3.99. The van der Waals surface area contributed by atoms with E-state index >= 15 is 0 Å². The van der Waals surface area contributed by atoms with Crippen LogP contribution in [0, 0.1) is 5.41 Å². The predicted octanol–water partition coefficient (Wildman–Crippen LogP) is 4.53. The molecule has 0 atom stereocenters. The van der Waals surface area contributed by atoms with Crippen molar-refractivity contribution in [3.8, 4) is 16.3 Å². The zero-order valence-electron chi connectivity index (χ0n) is 15.5. The molecule has 0 radical (unpaired) electrons. The van der Waals surface area contributed by atoms with Crippen molar-refractivity contribution in [1.82, 2.24) is 15.0 Å². The fourth-order valence-corrected chi connectivity index (χ4v) is 2.93. The number of carbonyl (C=O) groups is 1. The summed E-state index contributed by atoms with van der Waals surface area (Å²) in [4.78, 5) is 26.6. The van der Waals surface area contributed by atoms with E-state index in [-0.39, 0.29) is 18.0 Å². The highest BCUT2D eigenvalue weighted by molar-refractivity contribution is 7.13. The number of hydrogen-bond donors (Lipinski definition) is 1. The Morgan fingerprint density at radius 3 is 2.65 bits per heavy atom. The molecule has 0 aliphatic heterocycles. The second kappa shape index (κ2) is 6.99. The van der Waals surface area contributed by atoms with Gasteiger partial charge in [0.1, 0.15) is 0 Å². The molecule has 0 unspecified atom stereocenters. The highest BCUT2D eigenvalue weighted by Gasteiger charge is 2.23. The smallest absolute Gasteiger partial charge is 0.234 e. The molecule has 3 aromatic rings. The zero-order chi connectivity index (χ0) is 18.9. The Morgan fingerprint density at radius 1 is 1.27 bits per heavy atom. The largest absolute Gasteiger partial charge is 0.474 e. The third-order valence-corrected chi connectivity index (χ3v) is 4.49. The minimum absolute atomic E-state index is 0.0651. The van der Waals surface area contributed by atoms with Gasteiger partial charge in [-0.25, -0.2) is 4.98 Å². The number of carbonyl (C=O) groups excluding carboxylic acids is 1. The highest BCUT2D eigenvalue weighted by Crippen LogP contribution is 2.31. The van der Waals surface area contributed by atoms with Crippen LogP contribution in [-0.2, 0) is 4.79 Å². The lowest BCUT2D eigenvalue weighted by atomic mass is 9.96. The molecule has 0 aromatic carbocycles. The maximum absolute atomic E-state index is 12.3. The van der Waals surface area contributed by atoms with Gasteiger partial charge >= 0.3 is 0 Å². The van der Waals surface area contributed by atoms with Crippen LogP contribution >= 0.6 is 11.3 Å². The quantitative estimate of drug-likeness (QED) is 0.730. The molecule has 7 heteroatoms. The molecule has 1 N–H and O–H groups in total. The first kappa shape index (κ1) is 18.3. The number of nitrogens with zero attached hydrogens (tertiary/aromatic N) is 3. The summed E-state index contributed by atoms with van der Waals surface area (Å²) < 4.78 is 5.87. The van der Waals surface area contributed by atoms with Gasteiger partial charge in [0.2, 0.25) is 17.7 Å². The molecule has 0 saturated heterocycles. The second-order valence-electron chi connectivity index (χ2n) is 7.30. The molecule has 0 aliphatic carbocycles. The number of thiophene rings is 1. The molecule has 0 saturated carbocycles. The van der Waals surface area contributed by atoms with E-state index in [4.69, 9.17) is 4.74 Å². The number of aromatic nitrogens is 3. The van der Waals surface area contributed by atoms with E-state index in [2.05, 4.69) is 20.3 Å². The first-order valence-electron chi connectivity index (χ1n) is 8.44. The molecule has 1 amide bonds. The number of nitrogens with one attached hydrogen (secondary N) is 1. The van der Waals surface area contributed by atoms with Crippen molar-refractivity contribution < 1.29 is 9.53 Å². The summed E-state index contributed by atoms with van der Waals surface area (Å²) in [7, 11) is 0. The number of ether oxygens (including phenoxy) is 1. The summed E-state index contributed by atoms with van der Waals surface area (Å²) in [5.74, 6) is 0.451. The monoisotopic (exact) mass is 370 g/mol. The van der Waals surface area contributed by atoms with Crippen LogP contribution < -0.4 is 10.1 Å². The summed E-state index contributed by atoms with van der Waals surface area (Å²) in [5.41, 5.74) is 0.921. The Hall–Kier alpha value is -2.54. The maximum Gasteiger partial charge on any atom is 0.234 e. The molecular weight excluding hydrogens is 348 g/mol. The zero-order valence-corrected chi connectivity index (χ0v) is 16.3. The fraction of sp³-hybridized carbons (Fsp3) is 0.368. The first-order valence-corrected chi connectivity index (χ1v) is 9.32. The summed E-state index contributed by atoms with van der Waals surface area (Å²) in [6.45, 7) is 9.36. The summed E-state index contributed by atoms with van der Waals surface area (Å²) in [6.07, 6.45) is 1.71. The van der Waals surface area contributed by atoms with Crippen molar-refractivity contribution in [2.24, 2.45) is 5.41 Å². The minimum atomic E-state index is -0.548. The van der Waals surface area contributed by atoms with Gasteiger partial charge in [-0.2, -0.15) is 9.97 Å². The number of anilines is 1. The number of pyridine rings is 1. The highest BCUT2D eigenvalue weighted by atomic mass is 32.1. The molecule has 0 spiro atoms. The topological polar surface area (TPSA) is 77.0 Å². The molecule has 6 nitrogen and oxygen atoms in total. The lowest BCUT2D eigenvalue weighted by molar-refractivity contribution is -0.123. The van der Waals surface area contributed by atoms with Crippen LogP contribution in [0.1, 0.15) is 34.6 Å². The normalized spacial score (nSPS) is 11.8. The number of amides is 1. The van der Waals surface area contributed by atoms with E-state index < -0.39 is 5.41 Å². The van der Waals surface area contributed by atoms with Crippen molar-refractivity contribution in [2.75, 3.05) is 5.32 Å². The van der Waals surface area contributed by atoms with E-state index in [0.717, 1.165) is 15.8 Å². The van der Waals surface area contributed by atoms with Gasteiger partial charge in [-0.3, -0.25) is 10.1 Å². The Bertz CT molecular complexity index is 931. The van der Waals surface area contributed by atoms with Crippen LogP contribution in [0.25, 0.3) is 21.5 Å². The predicted molar refractivity (Wildman–Crippen MR) is 104 cm³/mol. The molecule has 3 rings (SSSR count). The van der Waals surface area contributed by atoms with Crippen LogP contribution in [-0.4, -0.2) is 27.0 Å². The van der Waals surface area contributed by atoms with E-state index in [1.165, 1.54) is 0 Å². The molecule has 0 bridgehead atoms. The summed E-state index contributed by atoms with van der Waals surface area (Å²) in [6, 6.07) is 6.01. The van der Waals surface area contributed by atoms with Gasteiger partial charge in [0.25, 0.3) is 0 Å². The molecule has 0 aliphatic rings. The molecule has 0 fully saturated rings. The van der Waals surface area contributed by atoms with E-state index in [1.54, 1.807) is 17.5 Å². The van der Waals surface area contributed by atoms with Crippen molar-refractivity contribution in [3.05, 3.63) is 29.8 Å². The van der Waals surface area contributed by atoms with Crippen molar-refractivity contribution in [3.63, 3.8) is 0 Å². The van der Waals surface area contributed by atoms with E-state index in [0.29, 0.717) is 11.5 Å². The van der Waals surface area contributed by atoms with Gasteiger partial charge in [-0.1, -0.05) is 26.8 Å². The van der Waals surface area contributed by atoms with Crippen LogP contribution in [0.15, 0.2) is 29.8 Å². The third-order valence-electron chi connectivity index (χ3n) is 3.58. The number of fused-ring (bicyclic) bond motifs is 1. The van der Waals surface area contributed by atoms with Gasteiger partial charge in [0, 0.05) is 22.1 Å². The first-order chi connectivity index (χ1) is 12.2. The number of hydrogen-bond acceptors (Lipinski definition) is 6. The van der Waals surface area contributed by atoms with Crippen LogP contribution in [0.5, 0.6) is 5.88 Å². The van der Waals surface area contributed by atoms with Gasteiger partial charge in [0.15, 0.2) is 5.65 Å². The summed E-state index contributed by atoms with van der Waals surface area (Å²) in [5, 5.41) is 5.49. The lowest BCUT2D eigenvalue weighted by Crippen LogP contribution is -2.28. The van der Waals surface area contributed by atoms with Gasteiger partial charge in [-0.05, 0) is 31.4 Å². The van der Waals surface area contributed by atoms with E-state index in [1.807, 2.05) is 58.2 Å². The van der Waals surface area contributed by atoms with Crippen LogP contribution in [0.2, 0.25) is 0 Å².